The zero-order valence-electron chi connectivity index (χ0n) is 17.0. The van der Waals surface area contributed by atoms with Crippen molar-refractivity contribution < 1.29 is 9.67 Å². The van der Waals surface area contributed by atoms with E-state index < -0.39 is 0 Å². The minimum absolute atomic E-state index is 0.274. The molecule has 4 nitrogen and oxygen atoms in total. The number of phenolic OH excluding ortho intramolecular Hbond substituents is 1. The Morgan fingerprint density at radius 2 is 1.72 bits per heavy atom. The van der Waals surface area contributed by atoms with Crippen LogP contribution in [-0.2, 0) is 13.1 Å². The van der Waals surface area contributed by atoms with Crippen molar-refractivity contribution in [2.24, 2.45) is 0 Å². The molecule has 0 saturated carbocycles. The second-order valence-electron chi connectivity index (χ2n) is 7.51. The second kappa shape index (κ2) is 11.0. The number of para-hydroxylation sites is 2. The van der Waals surface area contributed by atoms with Crippen LogP contribution in [0.2, 0.25) is 0 Å². The molecule has 0 unspecified atom stereocenters. The van der Waals surface area contributed by atoms with Crippen LogP contribution in [0, 0.1) is 0 Å². The van der Waals surface area contributed by atoms with Crippen molar-refractivity contribution in [3.05, 3.63) is 50.9 Å². The number of imidazole rings is 1. The number of phenols is 1. The number of hydrogen-bond acceptors (Lipinski definition) is 2. The lowest BCUT2D eigenvalue weighted by Gasteiger charge is -2.08. The molecular weight excluding hydrogens is 494 g/mol. The van der Waals surface area contributed by atoms with Gasteiger partial charge < -0.3 is 5.11 Å². The molecule has 0 amide bonds. The summed E-state index contributed by atoms with van der Waals surface area (Å²) in [6.07, 6.45) is 9.08. The molecule has 1 aromatic heterocycles. The van der Waals surface area contributed by atoms with Crippen LogP contribution in [0.5, 0.6) is 5.75 Å². The predicted octanol–water partition coefficient (Wildman–Crippen LogP) is 7.05. The monoisotopic (exact) mass is 522 g/mol. The van der Waals surface area contributed by atoms with E-state index in [9.17, 15) is 5.11 Å². The standard InChI is InChI=1S/C23H29Br2N3O/c1-2-3-4-5-6-7-10-13-28-21-12-9-8-11-20(21)27-23(28)26-16-17-14-18(24)15-19(25)22(17)29/h8-9,11-12,14-15H,2-7,10,13,16H2,1H3,(H2,26,27,29)/p+1. The van der Waals surface area contributed by atoms with Gasteiger partial charge in [-0.05, 0) is 46.6 Å². The molecular formula is C23H30Br2N3O+. The summed E-state index contributed by atoms with van der Waals surface area (Å²) < 4.78 is 3.95. The van der Waals surface area contributed by atoms with Crippen LogP contribution in [0.1, 0.15) is 57.4 Å². The maximum absolute atomic E-state index is 10.3. The largest absolute Gasteiger partial charge is 0.506 e. The van der Waals surface area contributed by atoms with Crippen molar-refractivity contribution >= 4 is 48.8 Å². The molecule has 1 heterocycles. The first-order valence-electron chi connectivity index (χ1n) is 10.5. The van der Waals surface area contributed by atoms with E-state index in [0.29, 0.717) is 11.0 Å². The Hall–Kier alpha value is -1.53. The van der Waals surface area contributed by atoms with Gasteiger partial charge in [-0.15, -0.1) is 0 Å². The predicted molar refractivity (Wildman–Crippen MR) is 127 cm³/mol. The van der Waals surface area contributed by atoms with Gasteiger partial charge in [-0.3, -0.25) is 5.32 Å². The molecule has 6 heteroatoms. The van der Waals surface area contributed by atoms with Gasteiger partial charge in [-0.1, -0.05) is 73.5 Å². The number of nitrogens with one attached hydrogen (secondary N) is 2. The Balaban J connectivity index is 1.68. The normalized spacial score (nSPS) is 11.3. The van der Waals surface area contributed by atoms with Gasteiger partial charge >= 0.3 is 5.95 Å². The van der Waals surface area contributed by atoms with Gasteiger partial charge in [0.15, 0.2) is 0 Å². The molecule has 3 rings (SSSR count). The van der Waals surface area contributed by atoms with Crippen LogP contribution in [0.15, 0.2) is 45.3 Å². The zero-order valence-corrected chi connectivity index (χ0v) is 20.2. The number of aromatic hydroxyl groups is 1. The number of fused-ring (bicyclic) bond motifs is 1. The summed E-state index contributed by atoms with van der Waals surface area (Å²) in [4.78, 5) is 3.50. The summed E-state index contributed by atoms with van der Waals surface area (Å²) in [5, 5.41) is 13.8. The number of H-pyrrole nitrogens is 1. The maximum atomic E-state index is 10.3. The highest BCUT2D eigenvalue weighted by Gasteiger charge is 2.18. The number of aryl methyl sites for hydroxylation is 1. The van der Waals surface area contributed by atoms with E-state index in [4.69, 9.17) is 0 Å². The van der Waals surface area contributed by atoms with Gasteiger partial charge in [-0.25, -0.2) is 9.55 Å². The fourth-order valence-electron chi connectivity index (χ4n) is 3.66. The topological polar surface area (TPSA) is 51.9 Å². The fourth-order valence-corrected chi connectivity index (χ4v) is 4.98. The molecule has 0 fully saturated rings. The van der Waals surface area contributed by atoms with Crippen LogP contribution >= 0.6 is 31.9 Å². The molecule has 0 bridgehead atoms. The highest BCUT2D eigenvalue weighted by Crippen LogP contribution is 2.32. The third-order valence-corrected chi connectivity index (χ3v) is 6.32. The lowest BCUT2D eigenvalue weighted by Crippen LogP contribution is -2.36. The van der Waals surface area contributed by atoms with Crippen molar-refractivity contribution in [3.63, 3.8) is 0 Å². The average molecular weight is 524 g/mol. The summed E-state index contributed by atoms with van der Waals surface area (Å²) in [5.41, 5.74) is 3.17. The summed E-state index contributed by atoms with van der Waals surface area (Å²) in [6, 6.07) is 12.2. The number of benzene rings is 2. The van der Waals surface area contributed by atoms with Gasteiger partial charge in [0.2, 0.25) is 0 Å². The van der Waals surface area contributed by atoms with Crippen LogP contribution < -0.4 is 9.88 Å². The maximum Gasteiger partial charge on any atom is 0.356 e. The van der Waals surface area contributed by atoms with Gasteiger partial charge in [0.25, 0.3) is 0 Å². The van der Waals surface area contributed by atoms with Crippen LogP contribution in [0.25, 0.3) is 11.0 Å². The number of aromatic amines is 1. The van der Waals surface area contributed by atoms with Gasteiger partial charge in [0.05, 0.1) is 17.6 Å². The number of rotatable bonds is 11. The van der Waals surface area contributed by atoms with E-state index in [1.165, 1.54) is 50.5 Å². The number of nitrogens with zero attached hydrogens (tertiary/aromatic N) is 1. The Labute approximate surface area is 190 Å². The molecule has 0 spiro atoms. The summed E-state index contributed by atoms with van der Waals surface area (Å²) in [5.74, 6) is 1.25. The number of halogens is 2. The fraction of sp³-hybridized carbons (Fsp3) is 0.435. The highest BCUT2D eigenvalue weighted by molar-refractivity contribution is 9.11. The molecule has 156 valence electrons. The van der Waals surface area contributed by atoms with Crippen molar-refractivity contribution in [2.45, 2.75) is 65.0 Å². The summed E-state index contributed by atoms with van der Waals surface area (Å²) in [6.45, 7) is 3.77. The second-order valence-corrected chi connectivity index (χ2v) is 9.28. The van der Waals surface area contributed by atoms with Crippen molar-refractivity contribution in [1.82, 2.24) is 4.98 Å². The number of hydrogen-bond donors (Lipinski definition) is 3. The van der Waals surface area contributed by atoms with E-state index in [2.05, 4.69) is 77.9 Å². The first-order chi connectivity index (χ1) is 14.1. The Morgan fingerprint density at radius 3 is 2.52 bits per heavy atom. The van der Waals surface area contributed by atoms with Gasteiger partial charge in [0, 0.05) is 10.0 Å². The van der Waals surface area contributed by atoms with Crippen LogP contribution in [0.3, 0.4) is 0 Å². The molecule has 0 atom stereocenters. The zero-order chi connectivity index (χ0) is 20.6. The lowest BCUT2D eigenvalue weighted by molar-refractivity contribution is -0.657. The lowest BCUT2D eigenvalue weighted by atomic mass is 10.1. The van der Waals surface area contributed by atoms with Crippen LogP contribution in [-0.4, -0.2) is 10.1 Å². The third kappa shape index (κ3) is 5.98. The number of unbranched alkanes of at least 4 members (excludes halogenated alkanes) is 6. The first kappa shape index (κ1) is 22.2. The smallest absolute Gasteiger partial charge is 0.356 e. The van der Waals surface area contributed by atoms with Crippen molar-refractivity contribution in [1.29, 1.82) is 0 Å². The average Bonchev–Trinajstić information content (AvgIpc) is 3.06. The van der Waals surface area contributed by atoms with E-state index in [1.807, 2.05) is 12.1 Å². The van der Waals surface area contributed by atoms with Crippen molar-refractivity contribution in [2.75, 3.05) is 5.32 Å². The van der Waals surface area contributed by atoms with E-state index in [-0.39, 0.29) is 5.75 Å². The van der Waals surface area contributed by atoms with E-state index in [0.717, 1.165) is 28.0 Å². The molecule has 0 aliphatic heterocycles. The Morgan fingerprint density at radius 1 is 1.00 bits per heavy atom. The van der Waals surface area contributed by atoms with Gasteiger partial charge in [-0.2, -0.15) is 0 Å². The highest BCUT2D eigenvalue weighted by atomic mass is 79.9. The third-order valence-electron chi connectivity index (χ3n) is 5.26. The minimum Gasteiger partial charge on any atom is -0.506 e. The number of anilines is 1. The summed E-state index contributed by atoms with van der Waals surface area (Å²) in [7, 11) is 0. The number of aromatic nitrogens is 2. The SMILES string of the molecule is CCCCCCCCC[n+]1c(NCc2cc(Br)cc(Br)c2O)[nH]c2ccccc21. The Bertz CT molecular complexity index is 939. The van der Waals surface area contributed by atoms with Crippen LogP contribution in [0.4, 0.5) is 5.95 Å². The molecule has 29 heavy (non-hydrogen) atoms. The summed E-state index contributed by atoms with van der Waals surface area (Å²) >= 11 is 6.91. The first-order valence-corrected chi connectivity index (χ1v) is 12.1. The molecule has 0 saturated heterocycles. The molecule has 2 aromatic carbocycles. The molecule has 3 aromatic rings. The molecule has 0 radical (unpaired) electrons. The molecule has 0 aliphatic rings. The quantitative estimate of drug-likeness (QED) is 0.186. The Kier molecular flexibility index (Phi) is 8.42. The van der Waals surface area contributed by atoms with E-state index in [1.54, 1.807) is 0 Å². The molecule has 3 N–H and O–H groups in total. The molecule has 0 aliphatic carbocycles. The van der Waals surface area contributed by atoms with Crippen molar-refractivity contribution in [3.8, 4) is 5.75 Å². The minimum atomic E-state index is 0.274. The van der Waals surface area contributed by atoms with E-state index >= 15 is 0 Å². The van der Waals surface area contributed by atoms with Gasteiger partial charge in [0.1, 0.15) is 16.8 Å².